The largest absolute Gasteiger partial charge is 0.326 e. The standard InChI is InChI=1S/C14H18N2O2.ClH/c1-9(2)7-10(15)8-16-13(17)11-5-3-4-6-12(11)14(16)18;/h3-6,9-10H,7-8,15H2,1-2H3;1H/t10-;/m1./s1. The fourth-order valence-corrected chi connectivity index (χ4v) is 2.32. The predicted octanol–water partition coefficient (Wildman–Crippen LogP) is 2.08. The summed E-state index contributed by atoms with van der Waals surface area (Å²) in [5, 5.41) is 0. The number of benzene rings is 1. The molecule has 1 aromatic rings. The number of halogens is 1. The van der Waals surface area contributed by atoms with Gasteiger partial charge in [-0.2, -0.15) is 0 Å². The summed E-state index contributed by atoms with van der Waals surface area (Å²) in [6.07, 6.45) is 0.799. The molecule has 0 saturated carbocycles. The van der Waals surface area contributed by atoms with Crippen molar-refractivity contribution in [1.82, 2.24) is 4.90 Å². The molecule has 0 unspecified atom stereocenters. The Balaban J connectivity index is 0.00000180. The maximum Gasteiger partial charge on any atom is 0.261 e. The van der Waals surface area contributed by atoms with E-state index in [9.17, 15) is 9.59 Å². The van der Waals surface area contributed by atoms with Crippen LogP contribution in [0.4, 0.5) is 0 Å². The van der Waals surface area contributed by atoms with Crippen molar-refractivity contribution in [1.29, 1.82) is 0 Å². The lowest BCUT2D eigenvalue weighted by atomic mass is 10.0. The Bertz CT molecular complexity index is 453. The number of carbonyl (C=O) groups is 2. The molecule has 19 heavy (non-hydrogen) atoms. The van der Waals surface area contributed by atoms with Gasteiger partial charge in [-0.25, -0.2) is 0 Å². The molecule has 0 fully saturated rings. The van der Waals surface area contributed by atoms with Crippen LogP contribution in [0.5, 0.6) is 0 Å². The number of nitrogens with zero attached hydrogens (tertiary/aromatic N) is 1. The molecule has 0 spiro atoms. The van der Waals surface area contributed by atoms with Crippen molar-refractivity contribution in [3.8, 4) is 0 Å². The predicted molar refractivity (Wildman–Crippen MR) is 76.5 cm³/mol. The van der Waals surface area contributed by atoms with Crippen molar-refractivity contribution >= 4 is 24.2 Å². The van der Waals surface area contributed by atoms with Gasteiger partial charge in [-0.15, -0.1) is 12.4 Å². The third-order valence-electron chi connectivity index (χ3n) is 3.07. The lowest BCUT2D eigenvalue weighted by Gasteiger charge is -2.20. The third kappa shape index (κ3) is 3.14. The van der Waals surface area contributed by atoms with Crippen LogP contribution in [0.3, 0.4) is 0 Å². The first-order valence-electron chi connectivity index (χ1n) is 6.21. The summed E-state index contributed by atoms with van der Waals surface area (Å²) in [5.41, 5.74) is 6.94. The molecule has 1 aliphatic heterocycles. The first-order valence-corrected chi connectivity index (χ1v) is 6.21. The summed E-state index contributed by atoms with van der Waals surface area (Å²) in [5.74, 6) is -0.000190. The molecule has 5 heteroatoms. The lowest BCUT2D eigenvalue weighted by molar-refractivity contribution is 0.0641. The summed E-state index contributed by atoms with van der Waals surface area (Å²) in [6.45, 7) is 4.44. The maximum absolute atomic E-state index is 12.1. The van der Waals surface area contributed by atoms with Crippen LogP contribution in [0, 0.1) is 5.92 Å². The van der Waals surface area contributed by atoms with Crippen LogP contribution in [0.15, 0.2) is 24.3 Å². The van der Waals surface area contributed by atoms with Crippen molar-refractivity contribution in [2.45, 2.75) is 26.3 Å². The summed E-state index contributed by atoms with van der Waals surface area (Å²) in [7, 11) is 0. The Kier molecular flexibility index (Phi) is 5.09. The molecule has 0 bridgehead atoms. The number of hydrogen-bond donors (Lipinski definition) is 1. The van der Waals surface area contributed by atoms with Crippen molar-refractivity contribution in [2.24, 2.45) is 11.7 Å². The highest BCUT2D eigenvalue weighted by Gasteiger charge is 2.35. The van der Waals surface area contributed by atoms with Gasteiger partial charge in [0.25, 0.3) is 11.8 Å². The highest BCUT2D eigenvalue weighted by Crippen LogP contribution is 2.22. The van der Waals surface area contributed by atoms with E-state index in [1.807, 2.05) is 0 Å². The molecule has 0 radical (unpaired) electrons. The zero-order chi connectivity index (χ0) is 13.3. The molecule has 4 nitrogen and oxygen atoms in total. The number of amides is 2. The Labute approximate surface area is 119 Å². The molecule has 104 valence electrons. The van der Waals surface area contributed by atoms with Crippen molar-refractivity contribution in [2.75, 3.05) is 6.54 Å². The zero-order valence-corrected chi connectivity index (χ0v) is 11.9. The second kappa shape index (κ2) is 6.17. The molecule has 1 atom stereocenters. The van der Waals surface area contributed by atoms with Crippen LogP contribution < -0.4 is 5.73 Å². The van der Waals surface area contributed by atoms with Crippen LogP contribution in [-0.2, 0) is 0 Å². The Morgan fingerprint density at radius 1 is 1.11 bits per heavy atom. The van der Waals surface area contributed by atoms with E-state index < -0.39 is 0 Å². The molecule has 1 aliphatic rings. The van der Waals surface area contributed by atoms with E-state index in [1.165, 1.54) is 4.90 Å². The Hall–Kier alpha value is -1.39. The minimum absolute atomic E-state index is 0. The Morgan fingerprint density at radius 3 is 2.00 bits per heavy atom. The molecule has 2 amide bonds. The lowest BCUT2D eigenvalue weighted by Crippen LogP contribution is -2.41. The van der Waals surface area contributed by atoms with Gasteiger partial charge in [0.2, 0.25) is 0 Å². The minimum atomic E-state index is -0.227. The molecule has 2 N–H and O–H groups in total. The number of hydrogen-bond acceptors (Lipinski definition) is 3. The molecule has 0 aliphatic carbocycles. The Morgan fingerprint density at radius 2 is 1.58 bits per heavy atom. The van der Waals surface area contributed by atoms with Crippen LogP contribution in [0.1, 0.15) is 41.0 Å². The second-order valence-electron chi connectivity index (χ2n) is 5.16. The molecule has 1 heterocycles. The smallest absolute Gasteiger partial charge is 0.261 e. The van der Waals surface area contributed by atoms with E-state index in [-0.39, 0.29) is 30.3 Å². The van der Waals surface area contributed by atoms with Crippen molar-refractivity contribution in [3.63, 3.8) is 0 Å². The zero-order valence-electron chi connectivity index (χ0n) is 11.1. The third-order valence-corrected chi connectivity index (χ3v) is 3.07. The van der Waals surface area contributed by atoms with Crippen molar-refractivity contribution < 1.29 is 9.59 Å². The van der Waals surface area contributed by atoms with Gasteiger partial charge in [0, 0.05) is 12.6 Å². The van der Waals surface area contributed by atoms with Crippen molar-refractivity contribution in [3.05, 3.63) is 35.4 Å². The van der Waals surface area contributed by atoms with E-state index in [4.69, 9.17) is 5.73 Å². The number of rotatable bonds is 4. The van der Waals surface area contributed by atoms with Crippen LogP contribution in [-0.4, -0.2) is 29.3 Å². The number of carbonyl (C=O) groups excluding carboxylic acids is 2. The summed E-state index contributed by atoms with van der Waals surface area (Å²) in [4.78, 5) is 25.4. The van der Waals surface area contributed by atoms with E-state index in [0.717, 1.165) is 6.42 Å². The second-order valence-corrected chi connectivity index (χ2v) is 5.16. The minimum Gasteiger partial charge on any atom is -0.326 e. The van der Waals surface area contributed by atoms with Crippen LogP contribution in [0.25, 0.3) is 0 Å². The van der Waals surface area contributed by atoms with Gasteiger partial charge in [-0.1, -0.05) is 26.0 Å². The average molecular weight is 283 g/mol. The van der Waals surface area contributed by atoms with E-state index in [1.54, 1.807) is 24.3 Å². The monoisotopic (exact) mass is 282 g/mol. The normalized spacial score (nSPS) is 15.5. The number of fused-ring (bicyclic) bond motifs is 1. The summed E-state index contributed by atoms with van der Waals surface area (Å²) >= 11 is 0. The number of imide groups is 1. The fraction of sp³-hybridized carbons (Fsp3) is 0.429. The van der Waals surface area contributed by atoms with Gasteiger partial charge in [-0.3, -0.25) is 14.5 Å². The quantitative estimate of drug-likeness (QED) is 0.860. The van der Waals surface area contributed by atoms with E-state index in [2.05, 4.69) is 13.8 Å². The first-order chi connectivity index (χ1) is 8.50. The molecular weight excluding hydrogens is 264 g/mol. The molecule has 0 saturated heterocycles. The highest BCUT2D eigenvalue weighted by atomic mass is 35.5. The first kappa shape index (κ1) is 15.7. The van der Waals surface area contributed by atoms with Crippen LogP contribution in [0.2, 0.25) is 0 Å². The highest BCUT2D eigenvalue weighted by molar-refractivity contribution is 6.21. The van der Waals surface area contributed by atoms with Gasteiger partial charge >= 0.3 is 0 Å². The van der Waals surface area contributed by atoms with Gasteiger partial charge in [0.15, 0.2) is 0 Å². The fourth-order valence-electron chi connectivity index (χ4n) is 2.32. The summed E-state index contributed by atoms with van der Waals surface area (Å²) < 4.78 is 0. The van der Waals surface area contributed by atoms with Gasteiger partial charge < -0.3 is 5.73 Å². The van der Waals surface area contributed by atoms with E-state index >= 15 is 0 Å². The SMILES string of the molecule is CC(C)C[C@@H](N)CN1C(=O)c2ccccc2C1=O.Cl. The number of nitrogens with two attached hydrogens (primary N) is 1. The van der Waals surface area contributed by atoms with E-state index in [0.29, 0.717) is 23.6 Å². The molecule has 1 aromatic carbocycles. The molecule has 0 aromatic heterocycles. The van der Waals surface area contributed by atoms with Gasteiger partial charge in [0.1, 0.15) is 0 Å². The van der Waals surface area contributed by atoms with Gasteiger partial charge in [0.05, 0.1) is 11.1 Å². The van der Waals surface area contributed by atoms with Gasteiger partial charge in [-0.05, 0) is 24.5 Å². The topological polar surface area (TPSA) is 63.4 Å². The average Bonchev–Trinajstić information content (AvgIpc) is 2.54. The maximum atomic E-state index is 12.1. The molecule has 2 rings (SSSR count). The van der Waals surface area contributed by atoms with Crippen LogP contribution >= 0.6 is 12.4 Å². The molecular formula is C14H19ClN2O2. The summed E-state index contributed by atoms with van der Waals surface area (Å²) in [6, 6.07) is 6.74.